The number of aromatic nitrogens is 1. The lowest BCUT2D eigenvalue weighted by Crippen LogP contribution is -2.29. The summed E-state index contributed by atoms with van der Waals surface area (Å²) >= 11 is 0. The maximum absolute atomic E-state index is 13.1. The van der Waals surface area contributed by atoms with Crippen LogP contribution >= 0.6 is 0 Å². The highest BCUT2D eigenvalue weighted by Gasteiger charge is 2.27. The second kappa shape index (κ2) is 7.03. The molecular weight excluding hydrogens is 356 g/mol. The minimum atomic E-state index is -0.195. The van der Waals surface area contributed by atoms with Gasteiger partial charge in [0, 0.05) is 24.0 Å². The highest BCUT2D eigenvalue weighted by Crippen LogP contribution is 2.39. The van der Waals surface area contributed by atoms with Gasteiger partial charge in [-0.15, -0.1) is 0 Å². The number of rotatable bonds is 4. The zero-order chi connectivity index (χ0) is 19.8. The molecule has 2 aromatic carbocycles. The molecule has 1 heterocycles. The van der Waals surface area contributed by atoms with Crippen LogP contribution in [0.3, 0.4) is 0 Å². The van der Waals surface area contributed by atoms with Crippen LogP contribution in [-0.4, -0.2) is 24.7 Å². The summed E-state index contributed by atoms with van der Waals surface area (Å²) in [6.07, 6.45) is 3.26. The van der Waals surface area contributed by atoms with E-state index in [1.54, 1.807) is 39.6 Å². The lowest BCUT2D eigenvalue weighted by molar-refractivity contribution is 0.0937. The van der Waals surface area contributed by atoms with Gasteiger partial charge in [-0.05, 0) is 42.2 Å². The first-order valence-electron chi connectivity index (χ1n) is 9.17. The molecule has 4 rings (SSSR count). The molecule has 0 fully saturated rings. The number of nitrogens with one attached hydrogen (secondary N) is 1. The molecule has 1 aliphatic rings. The van der Waals surface area contributed by atoms with Crippen molar-refractivity contribution in [3.05, 3.63) is 69.6 Å². The van der Waals surface area contributed by atoms with Crippen LogP contribution in [0.15, 0.2) is 47.4 Å². The number of benzene rings is 2. The highest BCUT2D eigenvalue weighted by atomic mass is 16.5. The molecule has 6 nitrogen and oxygen atoms in total. The van der Waals surface area contributed by atoms with Crippen molar-refractivity contribution in [2.24, 2.45) is 7.05 Å². The fraction of sp³-hybridized carbons (Fsp3) is 0.273. The van der Waals surface area contributed by atoms with E-state index in [2.05, 4.69) is 5.32 Å². The molecule has 1 N–H and O–H groups in total. The van der Waals surface area contributed by atoms with Crippen LogP contribution in [0.5, 0.6) is 11.5 Å². The van der Waals surface area contributed by atoms with Crippen LogP contribution in [0.4, 0.5) is 0 Å². The maximum atomic E-state index is 13.1. The Labute approximate surface area is 162 Å². The standard InChI is InChI=1S/C22H22N2O4/c1-24-12-17(14-6-4-5-7-15(14)22(24)26)21(25)23-18-9-8-13-10-19(27-2)20(28-3)11-16(13)18/h4-7,10-12,18H,8-9H2,1-3H3,(H,23,25)/t18-/m1/s1. The number of aryl methyl sites for hydroxylation is 2. The van der Waals surface area contributed by atoms with Crippen LogP contribution in [0.1, 0.15) is 33.9 Å². The van der Waals surface area contributed by atoms with Gasteiger partial charge in [0.25, 0.3) is 11.5 Å². The molecule has 0 saturated carbocycles. The fourth-order valence-corrected chi connectivity index (χ4v) is 3.92. The number of amides is 1. The Kier molecular flexibility index (Phi) is 4.55. The normalized spacial score (nSPS) is 15.3. The topological polar surface area (TPSA) is 69.6 Å². The SMILES string of the molecule is COc1cc2c(cc1OC)[C@H](NC(=O)c1cn(C)c(=O)c3ccccc13)CC2. The van der Waals surface area contributed by atoms with Gasteiger partial charge >= 0.3 is 0 Å². The summed E-state index contributed by atoms with van der Waals surface area (Å²) in [7, 11) is 4.88. The van der Waals surface area contributed by atoms with E-state index in [-0.39, 0.29) is 17.5 Å². The zero-order valence-electron chi connectivity index (χ0n) is 16.1. The monoisotopic (exact) mass is 378 g/mol. The van der Waals surface area contributed by atoms with Gasteiger partial charge < -0.3 is 19.4 Å². The molecule has 1 aromatic heterocycles. The van der Waals surface area contributed by atoms with Crippen molar-refractivity contribution in [3.8, 4) is 11.5 Å². The van der Waals surface area contributed by atoms with Crippen molar-refractivity contribution < 1.29 is 14.3 Å². The number of methoxy groups -OCH3 is 2. The molecule has 1 amide bonds. The van der Waals surface area contributed by atoms with E-state index in [0.29, 0.717) is 27.8 Å². The fourth-order valence-electron chi connectivity index (χ4n) is 3.92. The van der Waals surface area contributed by atoms with E-state index < -0.39 is 0 Å². The summed E-state index contributed by atoms with van der Waals surface area (Å²) in [6, 6.07) is 11.0. The molecule has 0 spiro atoms. The third-order valence-corrected chi connectivity index (χ3v) is 5.36. The van der Waals surface area contributed by atoms with Gasteiger partial charge in [0.05, 0.1) is 25.8 Å². The van der Waals surface area contributed by atoms with Crippen molar-refractivity contribution in [2.45, 2.75) is 18.9 Å². The Balaban J connectivity index is 1.70. The first-order valence-corrected chi connectivity index (χ1v) is 9.17. The molecule has 1 aliphatic carbocycles. The molecule has 0 aliphatic heterocycles. The lowest BCUT2D eigenvalue weighted by Gasteiger charge is -2.17. The smallest absolute Gasteiger partial charge is 0.258 e. The third kappa shape index (κ3) is 2.91. The predicted molar refractivity (Wildman–Crippen MR) is 107 cm³/mol. The number of nitrogens with zero attached hydrogens (tertiary/aromatic N) is 1. The summed E-state index contributed by atoms with van der Waals surface area (Å²) < 4.78 is 12.2. The van der Waals surface area contributed by atoms with Gasteiger partial charge in [0.2, 0.25) is 0 Å². The van der Waals surface area contributed by atoms with E-state index in [1.165, 1.54) is 4.57 Å². The minimum absolute atomic E-state index is 0.113. The van der Waals surface area contributed by atoms with Gasteiger partial charge in [0.1, 0.15) is 0 Å². The second-order valence-corrected chi connectivity index (χ2v) is 6.98. The number of ether oxygens (including phenoxy) is 2. The summed E-state index contributed by atoms with van der Waals surface area (Å²) in [6.45, 7) is 0. The zero-order valence-corrected chi connectivity index (χ0v) is 16.1. The van der Waals surface area contributed by atoms with Crippen LogP contribution in [0.2, 0.25) is 0 Å². The lowest BCUT2D eigenvalue weighted by atomic mass is 10.0. The molecule has 0 unspecified atom stereocenters. The van der Waals surface area contributed by atoms with Gasteiger partial charge in [0.15, 0.2) is 11.5 Å². The molecular formula is C22H22N2O4. The molecule has 0 radical (unpaired) electrons. The first kappa shape index (κ1) is 18.1. The Bertz CT molecular complexity index is 1130. The van der Waals surface area contributed by atoms with Crippen molar-refractivity contribution in [1.82, 2.24) is 9.88 Å². The summed E-state index contributed by atoms with van der Waals surface area (Å²) in [5.41, 5.74) is 2.57. The molecule has 6 heteroatoms. The van der Waals surface area contributed by atoms with E-state index in [9.17, 15) is 9.59 Å². The molecule has 0 bridgehead atoms. The Morgan fingerprint density at radius 1 is 1.11 bits per heavy atom. The molecule has 0 saturated heterocycles. The first-order chi connectivity index (χ1) is 13.5. The van der Waals surface area contributed by atoms with Crippen LogP contribution < -0.4 is 20.3 Å². The van der Waals surface area contributed by atoms with Gasteiger partial charge in [-0.3, -0.25) is 9.59 Å². The Morgan fingerprint density at radius 2 is 1.79 bits per heavy atom. The van der Waals surface area contributed by atoms with Gasteiger partial charge in [-0.25, -0.2) is 0 Å². The van der Waals surface area contributed by atoms with Crippen molar-refractivity contribution in [3.63, 3.8) is 0 Å². The van der Waals surface area contributed by atoms with Gasteiger partial charge in [-0.2, -0.15) is 0 Å². The van der Waals surface area contributed by atoms with Crippen LogP contribution in [0, 0.1) is 0 Å². The number of hydrogen-bond acceptors (Lipinski definition) is 4. The highest BCUT2D eigenvalue weighted by molar-refractivity contribution is 6.06. The average Bonchev–Trinajstić information content (AvgIpc) is 3.11. The summed E-state index contributed by atoms with van der Waals surface area (Å²) in [5.74, 6) is 1.15. The van der Waals surface area contributed by atoms with E-state index >= 15 is 0 Å². The van der Waals surface area contributed by atoms with Gasteiger partial charge in [-0.1, -0.05) is 18.2 Å². The van der Waals surface area contributed by atoms with E-state index in [4.69, 9.17) is 9.47 Å². The number of carbonyl (C=O) groups excluding carboxylic acids is 1. The molecule has 28 heavy (non-hydrogen) atoms. The Hall–Kier alpha value is -3.28. The van der Waals surface area contributed by atoms with E-state index in [0.717, 1.165) is 24.0 Å². The summed E-state index contributed by atoms with van der Waals surface area (Å²) in [5, 5.41) is 4.33. The second-order valence-electron chi connectivity index (χ2n) is 6.98. The number of fused-ring (bicyclic) bond motifs is 2. The van der Waals surface area contributed by atoms with Crippen molar-refractivity contribution in [2.75, 3.05) is 14.2 Å². The molecule has 3 aromatic rings. The maximum Gasteiger partial charge on any atom is 0.258 e. The largest absolute Gasteiger partial charge is 0.493 e. The minimum Gasteiger partial charge on any atom is -0.493 e. The third-order valence-electron chi connectivity index (χ3n) is 5.36. The van der Waals surface area contributed by atoms with Crippen LogP contribution in [0.25, 0.3) is 10.8 Å². The number of pyridine rings is 1. The van der Waals surface area contributed by atoms with Crippen molar-refractivity contribution in [1.29, 1.82) is 0 Å². The Morgan fingerprint density at radius 3 is 2.50 bits per heavy atom. The van der Waals surface area contributed by atoms with Crippen LogP contribution in [-0.2, 0) is 13.5 Å². The quantitative estimate of drug-likeness (QED) is 0.758. The van der Waals surface area contributed by atoms with Crippen molar-refractivity contribution >= 4 is 16.7 Å². The van der Waals surface area contributed by atoms with E-state index in [1.807, 2.05) is 24.3 Å². The predicted octanol–water partition coefficient (Wildman–Crippen LogP) is 2.97. The summed E-state index contributed by atoms with van der Waals surface area (Å²) in [4.78, 5) is 25.4. The number of hydrogen-bond donors (Lipinski definition) is 1. The number of carbonyl (C=O) groups is 1. The molecule has 144 valence electrons. The average molecular weight is 378 g/mol. The molecule has 1 atom stereocenters.